The van der Waals surface area contributed by atoms with Crippen molar-refractivity contribution in [1.82, 2.24) is 9.62 Å². The maximum atomic E-state index is 13.0. The van der Waals surface area contributed by atoms with Gasteiger partial charge in [-0.2, -0.15) is 4.31 Å². The molecule has 11 heteroatoms. The number of primary amides is 1. The van der Waals surface area contributed by atoms with E-state index in [1.54, 1.807) is 5.32 Å². The van der Waals surface area contributed by atoms with Gasteiger partial charge in [-0.3, -0.25) is 10.1 Å². The summed E-state index contributed by atoms with van der Waals surface area (Å²) in [5, 5.41) is 1.78. The third-order valence-corrected chi connectivity index (χ3v) is 6.63. The number of rotatable bonds is 5. The molecule has 1 heterocycles. The fourth-order valence-corrected chi connectivity index (χ4v) is 4.77. The molecule has 1 saturated heterocycles. The molecule has 1 aromatic rings. The first-order valence-electron chi connectivity index (χ1n) is 8.74. The molecule has 0 spiro atoms. The van der Waals surface area contributed by atoms with Crippen LogP contribution < -0.4 is 11.1 Å². The van der Waals surface area contributed by atoms with Gasteiger partial charge >= 0.3 is 12.0 Å². The van der Waals surface area contributed by atoms with Gasteiger partial charge in [-0.25, -0.2) is 18.0 Å². The van der Waals surface area contributed by atoms with Crippen molar-refractivity contribution in [1.29, 1.82) is 0 Å². The highest BCUT2D eigenvalue weighted by Gasteiger charge is 2.29. The molecular formula is C17H22ClN3O6S. The number of ether oxygens (including phenoxy) is 1. The van der Waals surface area contributed by atoms with Crippen molar-refractivity contribution in [2.24, 2.45) is 5.73 Å². The zero-order valence-corrected chi connectivity index (χ0v) is 16.9. The van der Waals surface area contributed by atoms with Crippen LogP contribution in [0.15, 0.2) is 23.1 Å². The summed E-state index contributed by atoms with van der Waals surface area (Å²) in [6, 6.07) is 2.64. The number of urea groups is 1. The Morgan fingerprint density at radius 1 is 1.18 bits per heavy atom. The number of hydrogen-bond donors (Lipinski definition) is 2. The second kappa shape index (κ2) is 9.35. The summed E-state index contributed by atoms with van der Waals surface area (Å²) < 4.78 is 32.2. The van der Waals surface area contributed by atoms with E-state index in [-0.39, 0.29) is 15.5 Å². The largest absolute Gasteiger partial charge is 0.449 e. The molecule has 9 nitrogen and oxygen atoms in total. The minimum atomic E-state index is -3.88. The highest BCUT2D eigenvalue weighted by Crippen LogP contribution is 2.28. The normalized spacial score (nSPS) is 16.6. The van der Waals surface area contributed by atoms with Gasteiger partial charge in [-0.15, -0.1) is 0 Å². The summed E-state index contributed by atoms with van der Waals surface area (Å²) in [4.78, 5) is 34.4. The third-order valence-electron chi connectivity index (χ3n) is 4.25. The van der Waals surface area contributed by atoms with Crippen LogP contribution in [0.4, 0.5) is 4.79 Å². The molecule has 0 aliphatic carbocycles. The topological polar surface area (TPSA) is 136 Å². The number of imide groups is 1. The summed E-state index contributed by atoms with van der Waals surface area (Å²) in [5.74, 6) is -1.83. The molecule has 0 aromatic heterocycles. The maximum Gasteiger partial charge on any atom is 0.338 e. The Kier molecular flexibility index (Phi) is 7.39. The number of nitrogens with two attached hydrogens (primary N) is 1. The van der Waals surface area contributed by atoms with Gasteiger partial charge in [-0.05, 0) is 38.0 Å². The standard InChI is InChI=1S/C17H22ClN3O6S/c1-11(15(22)20-17(19)24)27-16(23)12-6-7-13(18)14(10-12)28(25,26)21-8-4-2-3-5-9-21/h6-7,10-11H,2-5,8-9H2,1H3,(H3,19,20,22,24)/t11-/m1/s1. The highest BCUT2D eigenvalue weighted by molar-refractivity contribution is 7.89. The molecule has 2 rings (SSSR count). The Bertz CT molecular complexity index is 866. The minimum absolute atomic E-state index is 0.0136. The SMILES string of the molecule is C[C@@H](OC(=O)c1ccc(Cl)c(S(=O)(=O)N2CCCCCC2)c1)C(=O)NC(N)=O. The number of carbonyl (C=O) groups excluding carboxylic acids is 3. The fraction of sp³-hybridized carbons (Fsp3) is 0.471. The van der Waals surface area contributed by atoms with E-state index in [1.807, 2.05) is 0 Å². The van der Waals surface area contributed by atoms with Crippen LogP contribution in [0.2, 0.25) is 5.02 Å². The first-order valence-corrected chi connectivity index (χ1v) is 10.6. The predicted octanol–water partition coefficient (Wildman–Crippen LogP) is 1.64. The zero-order valence-electron chi connectivity index (χ0n) is 15.3. The summed E-state index contributed by atoms with van der Waals surface area (Å²) in [6.45, 7) is 2.02. The third kappa shape index (κ3) is 5.43. The van der Waals surface area contributed by atoms with Gasteiger partial charge in [0.05, 0.1) is 10.6 Å². The van der Waals surface area contributed by atoms with Gasteiger partial charge in [0, 0.05) is 13.1 Å². The summed E-state index contributed by atoms with van der Waals surface area (Å²) in [7, 11) is -3.88. The van der Waals surface area contributed by atoms with E-state index in [0.29, 0.717) is 13.1 Å². The van der Waals surface area contributed by atoms with E-state index >= 15 is 0 Å². The Balaban J connectivity index is 2.23. The van der Waals surface area contributed by atoms with E-state index in [2.05, 4.69) is 0 Å². The lowest BCUT2D eigenvalue weighted by Crippen LogP contribution is -2.42. The lowest BCUT2D eigenvalue weighted by molar-refractivity contribution is -0.127. The monoisotopic (exact) mass is 431 g/mol. The van der Waals surface area contributed by atoms with Crippen LogP contribution in [0.3, 0.4) is 0 Å². The number of halogens is 1. The number of benzene rings is 1. The van der Waals surface area contributed by atoms with Crippen LogP contribution in [-0.4, -0.2) is 49.8 Å². The predicted molar refractivity (Wildman–Crippen MR) is 101 cm³/mol. The Morgan fingerprint density at radius 2 is 1.79 bits per heavy atom. The number of amides is 3. The molecule has 0 bridgehead atoms. The number of nitrogens with zero attached hydrogens (tertiary/aromatic N) is 1. The van der Waals surface area contributed by atoms with Crippen molar-refractivity contribution >= 4 is 39.5 Å². The number of hydrogen-bond acceptors (Lipinski definition) is 6. The van der Waals surface area contributed by atoms with Gasteiger partial charge in [-0.1, -0.05) is 24.4 Å². The van der Waals surface area contributed by atoms with E-state index in [0.717, 1.165) is 31.7 Å². The molecule has 1 aliphatic heterocycles. The Hall–Kier alpha value is -2.17. The van der Waals surface area contributed by atoms with Crippen LogP contribution in [0.1, 0.15) is 43.0 Å². The smallest absolute Gasteiger partial charge is 0.338 e. The summed E-state index contributed by atoms with van der Waals surface area (Å²) >= 11 is 6.09. The number of sulfonamides is 1. The van der Waals surface area contributed by atoms with Gasteiger partial charge in [0.25, 0.3) is 5.91 Å². The van der Waals surface area contributed by atoms with Crippen molar-refractivity contribution in [3.63, 3.8) is 0 Å². The summed E-state index contributed by atoms with van der Waals surface area (Å²) in [5.41, 5.74) is 4.76. The number of carbonyl (C=O) groups is 3. The van der Waals surface area contributed by atoms with E-state index in [9.17, 15) is 22.8 Å². The molecule has 3 N–H and O–H groups in total. The molecular weight excluding hydrogens is 410 g/mol. The van der Waals surface area contributed by atoms with Crippen LogP contribution >= 0.6 is 11.6 Å². The van der Waals surface area contributed by atoms with Crippen LogP contribution in [0, 0.1) is 0 Å². The summed E-state index contributed by atoms with van der Waals surface area (Å²) in [6.07, 6.45) is 2.12. The second-order valence-electron chi connectivity index (χ2n) is 6.36. The fourth-order valence-electron chi connectivity index (χ4n) is 2.75. The van der Waals surface area contributed by atoms with Crippen LogP contribution in [0.5, 0.6) is 0 Å². The molecule has 154 valence electrons. The van der Waals surface area contributed by atoms with Crippen molar-refractivity contribution in [3.8, 4) is 0 Å². The average Bonchev–Trinajstić information content (AvgIpc) is 2.91. The van der Waals surface area contributed by atoms with E-state index in [4.69, 9.17) is 22.1 Å². The molecule has 0 radical (unpaired) electrons. The van der Waals surface area contributed by atoms with Gasteiger partial charge < -0.3 is 10.5 Å². The molecule has 1 aromatic carbocycles. The molecule has 1 fully saturated rings. The van der Waals surface area contributed by atoms with Gasteiger partial charge in [0.1, 0.15) is 4.90 Å². The van der Waals surface area contributed by atoms with Crippen molar-refractivity contribution in [2.75, 3.05) is 13.1 Å². The maximum absolute atomic E-state index is 13.0. The minimum Gasteiger partial charge on any atom is -0.449 e. The van der Waals surface area contributed by atoms with Crippen LogP contribution in [-0.2, 0) is 19.6 Å². The van der Waals surface area contributed by atoms with Gasteiger partial charge in [0.15, 0.2) is 6.10 Å². The lowest BCUT2D eigenvalue weighted by atomic mass is 10.2. The molecule has 0 saturated carbocycles. The van der Waals surface area contributed by atoms with E-state index < -0.39 is 34.0 Å². The van der Waals surface area contributed by atoms with Crippen molar-refractivity contribution in [3.05, 3.63) is 28.8 Å². The highest BCUT2D eigenvalue weighted by atomic mass is 35.5. The molecule has 0 unspecified atom stereocenters. The first-order chi connectivity index (χ1) is 13.1. The average molecular weight is 432 g/mol. The molecule has 28 heavy (non-hydrogen) atoms. The van der Waals surface area contributed by atoms with Crippen LogP contribution in [0.25, 0.3) is 0 Å². The first kappa shape index (κ1) is 22.1. The van der Waals surface area contributed by atoms with E-state index in [1.165, 1.54) is 23.4 Å². The lowest BCUT2D eigenvalue weighted by Gasteiger charge is -2.21. The Morgan fingerprint density at radius 3 is 2.36 bits per heavy atom. The molecule has 1 aliphatic rings. The Labute approximate surface area is 168 Å². The second-order valence-corrected chi connectivity index (χ2v) is 8.68. The number of esters is 1. The zero-order chi connectivity index (χ0) is 20.9. The quantitative estimate of drug-likeness (QED) is 0.680. The molecule has 3 amide bonds. The van der Waals surface area contributed by atoms with Crippen molar-refractivity contribution in [2.45, 2.75) is 43.6 Å². The number of nitrogens with one attached hydrogen (secondary N) is 1. The van der Waals surface area contributed by atoms with Gasteiger partial charge in [0.2, 0.25) is 10.0 Å². The van der Waals surface area contributed by atoms with Crippen molar-refractivity contribution < 1.29 is 27.5 Å². The molecule has 1 atom stereocenters.